The maximum absolute atomic E-state index is 12.9. The molecule has 2 rings (SSSR count). The van der Waals surface area contributed by atoms with Gasteiger partial charge in [0.1, 0.15) is 11.5 Å². The number of benzene rings is 1. The number of aliphatic hydroxyl groups excluding tert-OH is 1. The molecule has 0 amide bonds. The third kappa shape index (κ3) is 1.86. The number of aliphatic hydroxyl groups is 1. The van der Waals surface area contributed by atoms with Crippen molar-refractivity contribution >= 4 is 11.6 Å². The number of aromatic nitrogens is 1. The highest BCUT2D eigenvalue weighted by Gasteiger charge is 2.15. The Balaban J connectivity index is 2.54. The van der Waals surface area contributed by atoms with Crippen LogP contribution in [0.1, 0.15) is 5.56 Å². The zero-order chi connectivity index (χ0) is 10.8. The van der Waals surface area contributed by atoms with E-state index in [4.69, 9.17) is 21.2 Å². The number of rotatable bonds is 2. The normalized spacial score (nSPS) is 10.6. The van der Waals surface area contributed by atoms with Crippen molar-refractivity contribution in [2.24, 2.45) is 0 Å². The SMILES string of the molecule is OCc1c(-c2cccc(F)c2)noc1Cl. The van der Waals surface area contributed by atoms with Crippen LogP contribution in [0.15, 0.2) is 28.8 Å². The molecule has 0 bridgehead atoms. The van der Waals surface area contributed by atoms with E-state index in [1.807, 2.05) is 0 Å². The fourth-order valence-corrected chi connectivity index (χ4v) is 1.47. The Morgan fingerprint density at radius 1 is 1.47 bits per heavy atom. The van der Waals surface area contributed by atoms with Crippen LogP contribution in [0.5, 0.6) is 0 Å². The minimum absolute atomic E-state index is 0.0248. The van der Waals surface area contributed by atoms with Gasteiger partial charge in [0, 0.05) is 5.56 Å². The maximum Gasteiger partial charge on any atom is 0.232 e. The van der Waals surface area contributed by atoms with E-state index >= 15 is 0 Å². The zero-order valence-corrected chi connectivity index (χ0v) is 8.33. The summed E-state index contributed by atoms with van der Waals surface area (Å²) in [6.45, 7) is -0.297. The lowest BCUT2D eigenvalue weighted by Gasteiger charge is -1.98. The first kappa shape index (κ1) is 10.1. The van der Waals surface area contributed by atoms with Gasteiger partial charge in [0.05, 0.1) is 12.2 Å². The zero-order valence-electron chi connectivity index (χ0n) is 7.58. The van der Waals surface area contributed by atoms with Gasteiger partial charge in [0.15, 0.2) is 0 Å². The molecule has 2 aromatic rings. The number of nitrogens with zero attached hydrogens (tertiary/aromatic N) is 1. The lowest BCUT2D eigenvalue weighted by Crippen LogP contribution is -1.87. The second-order valence-corrected chi connectivity index (χ2v) is 3.30. The Morgan fingerprint density at radius 2 is 2.27 bits per heavy atom. The van der Waals surface area contributed by atoms with Crippen LogP contribution in [0.2, 0.25) is 5.22 Å². The number of hydrogen-bond donors (Lipinski definition) is 1. The predicted molar refractivity (Wildman–Crippen MR) is 52.8 cm³/mol. The monoisotopic (exact) mass is 227 g/mol. The molecule has 15 heavy (non-hydrogen) atoms. The summed E-state index contributed by atoms with van der Waals surface area (Å²) in [5.41, 5.74) is 1.25. The van der Waals surface area contributed by atoms with Gasteiger partial charge in [-0.15, -0.1) is 0 Å². The molecule has 0 aliphatic heterocycles. The quantitative estimate of drug-likeness (QED) is 0.858. The number of halogens is 2. The van der Waals surface area contributed by atoms with Crippen LogP contribution in [0.25, 0.3) is 11.3 Å². The molecule has 0 aliphatic carbocycles. The third-order valence-electron chi connectivity index (χ3n) is 2.00. The van der Waals surface area contributed by atoms with Gasteiger partial charge >= 0.3 is 0 Å². The van der Waals surface area contributed by atoms with Crippen LogP contribution < -0.4 is 0 Å². The van der Waals surface area contributed by atoms with E-state index in [9.17, 15) is 4.39 Å². The molecule has 0 fully saturated rings. The van der Waals surface area contributed by atoms with E-state index in [-0.39, 0.29) is 17.6 Å². The van der Waals surface area contributed by atoms with Crippen molar-refractivity contribution < 1.29 is 14.0 Å². The predicted octanol–water partition coefficient (Wildman–Crippen LogP) is 2.63. The van der Waals surface area contributed by atoms with Gasteiger partial charge in [-0.2, -0.15) is 0 Å². The molecule has 0 spiro atoms. The lowest BCUT2D eigenvalue weighted by atomic mass is 10.1. The molecule has 1 N–H and O–H groups in total. The molecule has 0 unspecified atom stereocenters. The Kier molecular flexibility index (Phi) is 2.70. The highest BCUT2D eigenvalue weighted by Crippen LogP contribution is 2.28. The minimum Gasteiger partial charge on any atom is -0.391 e. The first-order valence-electron chi connectivity index (χ1n) is 4.23. The second kappa shape index (κ2) is 4.00. The summed E-state index contributed by atoms with van der Waals surface area (Å²) in [7, 11) is 0. The fraction of sp³-hybridized carbons (Fsp3) is 0.100. The second-order valence-electron chi connectivity index (χ2n) is 2.95. The first-order chi connectivity index (χ1) is 7.22. The maximum atomic E-state index is 12.9. The summed E-state index contributed by atoms with van der Waals surface area (Å²) in [6.07, 6.45) is 0. The largest absolute Gasteiger partial charge is 0.391 e. The highest BCUT2D eigenvalue weighted by molar-refractivity contribution is 6.29. The van der Waals surface area contributed by atoms with Crippen LogP contribution in [0.4, 0.5) is 4.39 Å². The average Bonchev–Trinajstić information content (AvgIpc) is 2.59. The molecular weight excluding hydrogens is 221 g/mol. The molecule has 0 aliphatic rings. The van der Waals surface area contributed by atoms with Gasteiger partial charge in [-0.05, 0) is 23.7 Å². The van der Waals surface area contributed by atoms with Crippen molar-refractivity contribution in [3.05, 3.63) is 40.9 Å². The van der Waals surface area contributed by atoms with Crippen LogP contribution in [-0.2, 0) is 6.61 Å². The summed E-state index contributed by atoms with van der Waals surface area (Å²) in [6, 6.07) is 5.84. The molecule has 0 saturated heterocycles. The Morgan fingerprint density at radius 3 is 2.93 bits per heavy atom. The van der Waals surface area contributed by atoms with Gasteiger partial charge in [-0.1, -0.05) is 17.3 Å². The fourth-order valence-electron chi connectivity index (χ4n) is 1.29. The first-order valence-corrected chi connectivity index (χ1v) is 4.61. The van der Waals surface area contributed by atoms with E-state index in [0.717, 1.165) is 0 Å². The van der Waals surface area contributed by atoms with Crippen LogP contribution >= 0.6 is 11.6 Å². The molecule has 3 nitrogen and oxygen atoms in total. The smallest absolute Gasteiger partial charge is 0.232 e. The standard InChI is InChI=1S/C10H7ClFNO2/c11-10-8(5-14)9(13-15-10)6-2-1-3-7(12)4-6/h1-4,14H,5H2. The van der Waals surface area contributed by atoms with Gasteiger partial charge < -0.3 is 9.63 Å². The van der Waals surface area contributed by atoms with E-state index in [0.29, 0.717) is 16.8 Å². The summed E-state index contributed by atoms with van der Waals surface area (Å²) in [4.78, 5) is 0. The molecule has 1 aromatic carbocycles. The average molecular weight is 228 g/mol. The van der Waals surface area contributed by atoms with Crippen molar-refractivity contribution in [3.8, 4) is 11.3 Å². The number of hydrogen-bond acceptors (Lipinski definition) is 3. The topological polar surface area (TPSA) is 46.3 Å². The summed E-state index contributed by atoms with van der Waals surface area (Å²) in [5.74, 6) is -0.379. The Bertz CT molecular complexity index is 484. The lowest BCUT2D eigenvalue weighted by molar-refractivity contribution is 0.281. The molecule has 1 heterocycles. The Labute approximate surface area is 90.1 Å². The van der Waals surface area contributed by atoms with Crippen molar-refractivity contribution in [3.63, 3.8) is 0 Å². The van der Waals surface area contributed by atoms with E-state index in [2.05, 4.69) is 5.16 Å². The van der Waals surface area contributed by atoms with E-state index < -0.39 is 0 Å². The van der Waals surface area contributed by atoms with Crippen LogP contribution in [-0.4, -0.2) is 10.3 Å². The third-order valence-corrected chi connectivity index (χ3v) is 2.29. The molecule has 0 radical (unpaired) electrons. The van der Waals surface area contributed by atoms with Crippen molar-refractivity contribution in [2.75, 3.05) is 0 Å². The molecule has 5 heteroatoms. The van der Waals surface area contributed by atoms with Crippen molar-refractivity contribution in [2.45, 2.75) is 6.61 Å². The van der Waals surface area contributed by atoms with Crippen LogP contribution in [0, 0.1) is 5.82 Å². The van der Waals surface area contributed by atoms with E-state index in [1.165, 1.54) is 12.1 Å². The summed E-state index contributed by atoms with van der Waals surface area (Å²) < 4.78 is 17.7. The summed E-state index contributed by atoms with van der Waals surface area (Å²) >= 11 is 5.65. The van der Waals surface area contributed by atoms with E-state index in [1.54, 1.807) is 12.1 Å². The molecule has 78 valence electrons. The molecule has 1 aromatic heterocycles. The van der Waals surface area contributed by atoms with Gasteiger partial charge in [0.2, 0.25) is 5.22 Å². The Hall–Kier alpha value is -1.39. The van der Waals surface area contributed by atoms with Gasteiger partial charge in [-0.25, -0.2) is 4.39 Å². The van der Waals surface area contributed by atoms with Gasteiger partial charge in [-0.3, -0.25) is 0 Å². The molecule has 0 atom stereocenters. The highest BCUT2D eigenvalue weighted by atomic mass is 35.5. The molecule has 0 saturated carbocycles. The van der Waals surface area contributed by atoms with Gasteiger partial charge in [0.25, 0.3) is 0 Å². The molecular formula is C10H7ClFNO2. The summed E-state index contributed by atoms with van der Waals surface area (Å²) in [5, 5.41) is 12.7. The minimum atomic E-state index is -0.379. The van der Waals surface area contributed by atoms with Crippen molar-refractivity contribution in [1.82, 2.24) is 5.16 Å². The van der Waals surface area contributed by atoms with Crippen molar-refractivity contribution in [1.29, 1.82) is 0 Å². The van der Waals surface area contributed by atoms with Crippen LogP contribution in [0.3, 0.4) is 0 Å².